The van der Waals surface area contributed by atoms with Crippen LogP contribution in [0.15, 0.2) is 30.1 Å². The summed E-state index contributed by atoms with van der Waals surface area (Å²) in [5.41, 5.74) is 0.600. The van der Waals surface area contributed by atoms with Crippen LogP contribution in [0.1, 0.15) is 12.8 Å². The Balaban J connectivity index is 2.04. The summed E-state index contributed by atoms with van der Waals surface area (Å²) in [6, 6.07) is 5.57. The number of pyridine rings is 1. The number of nitriles is 1. The lowest BCUT2D eigenvalue weighted by molar-refractivity contribution is -0.128. The van der Waals surface area contributed by atoms with E-state index in [9.17, 15) is 10.1 Å². The van der Waals surface area contributed by atoms with Crippen molar-refractivity contribution in [3.05, 3.63) is 35.3 Å². The number of nitrogens with zero attached hydrogens (tertiary/aromatic N) is 4. The van der Waals surface area contributed by atoms with Crippen molar-refractivity contribution in [2.75, 3.05) is 32.5 Å². The summed E-state index contributed by atoms with van der Waals surface area (Å²) in [7, 11) is 3.82. The molecule has 2 rings (SSSR count). The maximum absolute atomic E-state index is 12.5. The Hall–Kier alpha value is -2.10. The van der Waals surface area contributed by atoms with Gasteiger partial charge in [-0.1, -0.05) is 11.6 Å². The van der Waals surface area contributed by atoms with Crippen LogP contribution in [0, 0.1) is 11.3 Å². The molecule has 23 heavy (non-hydrogen) atoms. The fraction of sp³-hybridized carbons (Fsp3) is 0.438. The molecule has 1 saturated heterocycles. The highest BCUT2D eigenvalue weighted by atomic mass is 35.5. The standard InChI is InChI=1S/C16H20ClN5O/c1-21-8-5-13(6-9-21)22(2)16(23)12(10-18)11-20-14-4-3-7-19-15(14)17/h3-4,7,11,13,20H,5-6,8-9H2,1-2H3/b12-11-. The summed E-state index contributed by atoms with van der Waals surface area (Å²) in [5, 5.41) is 12.4. The zero-order chi connectivity index (χ0) is 16.8. The summed E-state index contributed by atoms with van der Waals surface area (Å²) in [5.74, 6) is -0.283. The molecule has 0 atom stereocenters. The van der Waals surface area contributed by atoms with Crippen LogP contribution in [0.25, 0.3) is 0 Å². The third kappa shape index (κ3) is 4.44. The molecule has 1 aliphatic rings. The van der Waals surface area contributed by atoms with E-state index in [2.05, 4.69) is 22.2 Å². The molecule has 1 aromatic rings. The molecule has 0 spiro atoms. The van der Waals surface area contributed by atoms with Crippen molar-refractivity contribution in [3.63, 3.8) is 0 Å². The first-order chi connectivity index (χ1) is 11.0. The van der Waals surface area contributed by atoms with Gasteiger partial charge in [-0.25, -0.2) is 4.98 Å². The van der Waals surface area contributed by atoms with Gasteiger partial charge in [-0.2, -0.15) is 5.26 Å². The average Bonchev–Trinajstić information content (AvgIpc) is 2.56. The fourth-order valence-electron chi connectivity index (χ4n) is 2.52. The summed E-state index contributed by atoms with van der Waals surface area (Å²) >= 11 is 5.94. The number of hydrogen-bond donors (Lipinski definition) is 1. The van der Waals surface area contributed by atoms with Gasteiger partial charge in [-0.3, -0.25) is 4.79 Å². The first-order valence-corrected chi connectivity index (χ1v) is 7.83. The number of rotatable bonds is 4. The number of hydrogen-bond acceptors (Lipinski definition) is 5. The molecule has 0 radical (unpaired) electrons. The first kappa shape index (κ1) is 17.3. The van der Waals surface area contributed by atoms with E-state index in [0.29, 0.717) is 5.69 Å². The molecular weight excluding hydrogens is 314 g/mol. The average molecular weight is 334 g/mol. The van der Waals surface area contributed by atoms with Gasteiger partial charge < -0.3 is 15.1 Å². The van der Waals surface area contributed by atoms with Gasteiger partial charge in [0.2, 0.25) is 0 Å². The van der Waals surface area contributed by atoms with E-state index in [1.807, 2.05) is 6.07 Å². The van der Waals surface area contributed by atoms with Crippen LogP contribution in [0.3, 0.4) is 0 Å². The lowest BCUT2D eigenvalue weighted by Crippen LogP contribution is -2.44. The molecule has 0 unspecified atom stereocenters. The number of carbonyl (C=O) groups is 1. The number of likely N-dealkylation sites (N-methyl/N-ethyl adjacent to an activating group) is 1. The second kappa shape index (κ2) is 7.95. The summed E-state index contributed by atoms with van der Waals surface area (Å²) in [4.78, 5) is 20.3. The molecule has 0 aromatic carbocycles. The van der Waals surface area contributed by atoms with Crippen molar-refractivity contribution in [1.82, 2.24) is 14.8 Å². The lowest BCUT2D eigenvalue weighted by atomic mass is 10.0. The van der Waals surface area contributed by atoms with E-state index in [1.54, 1.807) is 30.3 Å². The molecule has 6 nitrogen and oxygen atoms in total. The quantitative estimate of drug-likeness (QED) is 0.519. The van der Waals surface area contributed by atoms with Crippen LogP contribution >= 0.6 is 11.6 Å². The molecule has 1 fully saturated rings. The van der Waals surface area contributed by atoms with Crippen LogP contribution < -0.4 is 5.32 Å². The van der Waals surface area contributed by atoms with Crippen molar-refractivity contribution < 1.29 is 4.79 Å². The zero-order valence-corrected chi connectivity index (χ0v) is 14.0. The first-order valence-electron chi connectivity index (χ1n) is 7.46. The van der Waals surface area contributed by atoms with Gasteiger partial charge in [0.25, 0.3) is 5.91 Å². The third-order valence-electron chi connectivity index (χ3n) is 4.04. The van der Waals surface area contributed by atoms with E-state index < -0.39 is 0 Å². The van der Waals surface area contributed by atoms with Gasteiger partial charge in [0.1, 0.15) is 11.6 Å². The summed E-state index contributed by atoms with van der Waals surface area (Å²) in [6.45, 7) is 1.91. The van der Waals surface area contributed by atoms with Crippen molar-refractivity contribution >= 4 is 23.2 Å². The van der Waals surface area contributed by atoms with E-state index in [0.717, 1.165) is 25.9 Å². The smallest absolute Gasteiger partial charge is 0.266 e. The summed E-state index contributed by atoms with van der Waals surface area (Å²) in [6.07, 6.45) is 4.79. The van der Waals surface area contributed by atoms with Crippen LogP contribution in [-0.2, 0) is 4.79 Å². The number of nitrogens with one attached hydrogen (secondary N) is 1. The van der Waals surface area contributed by atoms with E-state index in [-0.39, 0.29) is 22.7 Å². The monoisotopic (exact) mass is 333 g/mol. The van der Waals surface area contributed by atoms with Crippen molar-refractivity contribution in [2.45, 2.75) is 18.9 Å². The maximum Gasteiger partial charge on any atom is 0.266 e. The number of amides is 1. The highest BCUT2D eigenvalue weighted by Gasteiger charge is 2.25. The van der Waals surface area contributed by atoms with Crippen LogP contribution in [0.2, 0.25) is 5.15 Å². The molecule has 7 heteroatoms. The fourth-order valence-corrected chi connectivity index (χ4v) is 2.70. The van der Waals surface area contributed by atoms with Gasteiger partial charge in [-0.05, 0) is 45.1 Å². The molecule has 0 saturated carbocycles. The van der Waals surface area contributed by atoms with Crippen LogP contribution in [0.5, 0.6) is 0 Å². The number of likely N-dealkylation sites (tertiary alicyclic amines) is 1. The zero-order valence-electron chi connectivity index (χ0n) is 13.3. The van der Waals surface area contributed by atoms with Crippen LogP contribution in [-0.4, -0.2) is 53.9 Å². The number of halogens is 1. The molecule has 1 N–H and O–H groups in total. The van der Waals surface area contributed by atoms with Gasteiger partial charge in [0.05, 0.1) is 5.69 Å². The third-order valence-corrected chi connectivity index (χ3v) is 4.34. The predicted molar refractivity (Wildman–Crippen MR) is 89.9 cm³/mol. The molecule has 122 valence electrons. The number of aromatic nitrogens is 1. The molecule has 1 aromatic heterocycles. The maximum atomic E-state index is 12.5. The van der Waals surface area contributed by atoms with E-state index in [4.69, 9.17) is 11.6 Å². The van der Waals surface area contributed by atoms with E-state index >= 15 is 0 Å². The van der Waals surface area contributed by atoms with Gasteiger partial charge in [0, 0.05) is 25.5 Å². The Kier molecular flexibility index (Phi) is 5.97. The minimum atomic E-state index is -0.283. The molecule has 0 aliphatic carbocycles. The SMILES string of the molecule is CN1CCC(N(C)C(=O)/C(C#N)=C\Nc2cccnc2Cl)CC1. The minimum Gasteiger partial charge on any atom is -0.358 e. The predicted octanol–water partition coefficient (Wildman–Crippen LogP) is 2.11. The van der Waals surface area contributed by atoms with Crippen molar-refractivity contribution in [3.8, 4) is 6.07 Å². The topological polar surface area (TPSA) is 72.3 Å². The minimum absolute atomic E-state index is 0.0475. The highest BCUT2D eigenvalue weighted by Crippen LogP contribution is 2.19. The Bertz CT molecular complexity index is 632. The Labute approximate surface area is 141 Å². The van der Waals surface area contributed by atoms with Crippen LogP contribution in [0.4, 0.5) is 5.69 Å². The Morgan fingerprint density at radius 3 is 2.87 bits per heavy atom. The molecule has 0 bridgehead atoms. The van der Waals surface area contributed by atoms with Gasteiger partial charge >= 0.3 is 0 Å². The van der Waals surface area contributed by atoms with Crippen molar-refractivity contribution in [2.24, 2.45) is 0 Å². The molecule has 1 aliphatic heterocycles. The van der Waals surface area contributed by atoms with Crippen molar-refractivity contribution in [1.29, 1.82) is 5.26 Å². The van der Waals surface area contributed by atoms with Gasteiger partial charge in [0.15, 0.2) is 5.15 Å². The second-order valence-electron chi connectivity index (χ2n) is 5.61. The molecule has 1 amide bonds. The highest BCUT2D eigenvalue weighted by molar-refractivity contribution is 6.32. The number of carbonyl (C=O) groups excluding carboxylic acids is 1. The largest absolute Gasteiger partial charge is 0.358 e. The number of piperidine rings is 1. The van der Waals surface area contributed by atoms with Gasteiger partial charge in [-0.15, -0.1) is 0 Å². The molecule has 2 heterocycles. The van der Waals surface area contributed by atoms with E-state index in [1.165, 1.54) is 6.20 Å². The summed E-state index contributed by atoms with van der Waals surface area (Å²) < 4.78 is 0. The number of anilines is 1. The normalized spacial score (nSPS) is 16.7. The Morgan fingerprint density at radius 1 is 1.57 bits per heavy atom. The Morgan fingerprint density at radius 2 is 2.26 bits per heavy atom. The lowest BCUT2D eigenvalue weighted by Gasteiger charge is -2.34. The molecular formula is C16H20ClN5O. The second-order valence-corrected chi connectivity index (χ2v) is 5.96.